The van der Waals surface area contributed by atoms with E-state index >= 15 is 0 Å². The van der Waals surface area contributed by atoms with E-state index in [1.54, 1.807) is 0 Å². The number of nitrogens with two attached hydrogens (primary N) is 1. The fourth-order valence-corrected chi connectivity index (χ4v) is 1.66. The molecule has 1 unspecified atom stereocenters. The monoisotopic (exact) mass is 148 g/mol. The fraction of sp³-hybridized carbons (Fsp3) is 0.400. The number of hydrogen-bond donors (Lipinski definition) is 1. The van der Waals surface area contributed by atoms with Crippen LogP contribution in [0.4, 0.5) is 0 Å². The summed E-state index contributed by atoms with van der Waals surface area (Å²) in [5.74, 6) is 0. The number of fused-ring (bicyclic) bond motifs is 1. The molecular formula is C10H13N. The lowest BCUT2D eigenvalue weighted by atomic mass is 9.88. The van der Waals surface area contributed by atoms with Gasteiger partial charge in [-0.3, -0.25) is 0 Å². The number of aryl methyl sites for hydroxylation is 1. The molecule has 1 aliphatic carbocycles. The molecule has 0 bridgehead atoms. The van der Waals surface area contributed by atoms with E-state index in [0.717, 1.165) is 24.8 Å². The van der Waals surface area contributed by atoms with E-state index in [1.807, 2.05) is 18.2 Å². The molecule has 2 rings (SSSR count). The highest BCUT2D eigenvalue weighted by atomic mass is 14.6. The molecule has 0 aliphatic heterocycles. The van der Waals surface area contributed by atoms with Crippen LogP contribution in [-0.2, 0) is 6.42 Å². The SMILES string of the molecule is [2H]C1(N)CCCc2ccccc21. The lowest BCUT2D eigenvalue weighted by Gasteiger charge is -2.21. The van der Waals surface area contributed by atoms with Gasteiger partial charge in [-0.25, -0.2) is 0 Å². The van der Waals surface area contributed by atoms with Gasteiger partial charge in [-0.1, -0.05) is 24.3 Å². The summed E-state index contributed by atoms with van der Waals surface area (Å²) >= 11 is 0. The Morgan fingerprint density at radius 2 is 2.27 bits per heavy atom. The smallest absolute Gasteiger partial charge is 0.0514 e. The number of rotatable bonds is 0. The maximum absolute atomic E-state index is 7.89. The molecule has 0 aromatic heterocycles. The van der Waals surface area contributed by atoms with Gasteiger partial charge in [-0.2, -0.15) is 0 Å². The van der Waals surface area contributed by atoms with Crippen LogP contribution in [0.15, 0.2) is 24.3 Å². The molecule has 0 amide bonds. The van der Waals surface area contributed by atoms with E-state index < -0.39 is 6.02 Å². The number of hydrogen-bond acceptors (Lipinski definition) is 1. The Bertz CT molecular complexity index is 294. The van der Waals surface area contributed by atoms with Gasteiger partial charge < -0.3 is 5.73 Å². The Morgan fingerprint density at radius 3 is 3.09 bits per heavy atom. The van der Waals surface area contributed by atoms with Crippen molar-refractivity contribution >= 4 is 0 Å². The van der Waals surface area contributed by atoms with Gasteiger partial charge in [0.2, 0.25) is 0 Å². The molecular weight excluding hydrogens is 134 g/mol. The van der Waals surface area contributed by atoms with Gasteiger partial charge in [0.25, 0.3) is 0 Å². The third-order valence-electron chi connectivity index (χ3n) is 2.26. The molecule has 1 atom stereocenters. The van der Waals surface area contributed by atoms with Crippen molar-refractivity contribution in [2.75, 3.05) is 0 Å². The summed E-state index contributed by atoms with van der Waals surface area (Å²) < 4.78 is 7.89. The van der Waals surface area contributed by atoms with E-state index in [-0.39, 0.29) is 0 Å². The van der Waals surface area contributed by atoms with Crippen molar-refractivity contribution < 1.29 is 1.37 Å². The van der Waals surface area contributed by atoms with E-state index in [2.05, 4.69) is 6.07 Å². The fourth-order valence-electron chi connectivity index (χ4n) is 1.66. The van der Waals surface area contributed by atoms with Crippen LogP contribution in [0.1, 0.15) is 31.4 Å². The van der Waals surface area contributed by atoms with Gasteiger partial charge >= 0.3 is 0 Å². The maximum Gasteiger partial charge on any atom is 0.0514 e. The molecule has 11 heavy (non-hydrogen) atoms. The molecule has 0 heterocycles. The van der Waals surface area contributed by atoms with Crippen molar-refractivity contribution in [1.82, 2.24) is 0 Å². The van der Waals surface area contributed by atoms with E-state index in [4.69, 9.17) is 7.10 Å². The summed E-state index contributed by atoms with van der Waals surface area (Å²) in [6, 6.07) is 7.18. The van der Waals surface area contributed by atoms with Gasteiger partial charge in [-0.05, 0) is 30.4 Å². The molecule has 1 aromatic carbocycles. The lowest BCUT2D eigenvalue weighted by Crippen LogP contribution is -2.16. The minimum atomic E-state index is -0.838. The molecule has 1 aliphatic rings. The van der Waals surface area contributed by atoms with Crippen molar-refractivity contribution in [2.24, 2.45) is 5.73 Å². The van der Waals surface area contributed by atoms with Crippen LogP contribution < -0.4 is 5.73 Å². The predicted molar refractivity (Wildman–Crippen MR) is 46.3 cm³/mol. The van der Waals surface area contributed by atoms with Crippen LogP contribution in [0.25, 0.3) is 0 Å². The third kappa shape index (κ3) is 1.16. The van der Waals surface area contributed by atoms with Crippen molar-refractivity contribution in [3.05, 3.63) is 35.4 Å². The number of benzene rings is 1. The topological polar surface area (TPSA) is 26.0 Å². The maximum atomic E-state index is 7.89. The summed E-state index contributed by atoms with van der Waals surface area (Å²) in [6.07, 6.45) is 2.90. The zero-order valence-corrected chi connectivity index (χ0v) is 6.51. The summed E-state index contributed by atoms with van der Waals surface area (Å²) in [7, 11) is 0. The lowest BCUT2D eigenvalue weighted by molar-refractivity contribution is 0.570. The van der Waals surface area contributed by atoms with Gasteiger partial charge in [0.15, 0.2) is 0 Å². The second kappa shape index (κ2) is 2.67. The van der Waals surface area contributed by atoms with Gasteiger partial charge in [0.05, 0.1) is 1.37 Å². The summed E-state index contributed by atoms with van der Waals surface area (Å²) in [5, 5.41) is 0. The predicted octanol–water partition coefficient (Wildman–Crippen LogP) is 2.02. The van der Waals surface area contributed by atoms with E-state index in [1.165, 1.54) is 5.56 Å². The molecule has 0 saturated carbocycles. The van der Waals surface area contributed by atoms with Crippen molar-refractivity contribution in [3.63, 3.8) is 0 Å². The molecule has 0 radical (unpaired) electrons. The van der Waals surface area contributed by atoms with Crippen LogP contribution in [0, 0.1) is 0 Å². The molecule has 1 aromatic rings. The Labute approximate surface area is 68.6 Å². The highest BCUT2D eigenvalue weighted by Gasteiger charge is 2.14. The first kappa shape index (κ1) is 5.78. The van der Waals surface area contributed by atoms with Crippen LogP contribution >= 0.6 is 0 Å². The van der Waals surface area contributed by atoms with Crippen molar-refractivity contribution in [2.45, 2.75) is 25.3 Å². The third-order valence-corrected chi connectivity index (χ3v) is 2.26. The van der Waals surface area contributed by atoms with Gasteiger partial charge in [0.1, 0.15) is 0 Å². The normalized spacial score (nSPS) is 30.8. The first-order valence-corrected chi connectivity index (χ1v) is 4.07. The summed E-state index contributed by atoms with van der Waals surface area (Å²) in [5.41, 5.74) is 8.12. The standard InChI is InChI=1S/C10H13N/c11-10-7-3-5-8-4-1-2-6-9(8)10/h1-2,4,6,10H,3,5,7,11H2/i10D. The average Bonchev–Trinajstić information content (AvgIpc) is 2.04. The zero-order chi connectivity index (χ0) is 8.60. The second-order valence-electron chi connectivity index (χ2n) is 3.04. The minimum absolute atomic E-state index is 0.782. The molecule has 1 nitrogen and oxygen atoms in total. The quantitative estimate of drug-likeness (QED) is 0.598. The largest absolute Gasteiger partial charge is 0.324 e. The highest BCUT2D eigenvalue weighted by Crippen LogP contribution is 2.26. The van der Waals surface area contributed by atoms with E-state index in [0.29, 0.717) is 0 Å². The molecule has 58 valence electrons. The summed E-state index contributed by atoms with van der Waals surface area (Å²) in [6.45, 7) is 0. The first-order chi connectivity index (χ1) is 5.70. The zero-order valence-electron chi connectivity index (χ0n) is 7.51. The van der Waals surface area contributed by atoms with Gasteiger partial charge in [0, 0.05) is 6.02 Å². The first-order valence-electron chi connectivity index (χ1n) is 4.57. The summed E-state index contributed by atoms with van der Waals surface area (Å²) in [4.78, 5) is 0. The van der Waals surface area contributed by atoms with E-state index in [9.17, 15) is 0 Å². The molecule has 0 spiro atoms. The Morgan fingerprint density at radius 1 is 1.45 bits per heavy atom. The van der Waals surface area contributed by atoms with Crippen LogP contribution in [-0.4, -0.2) is 0 Å². The van der Waals surface area contributed by atoms with Crippen LogP contribution in [0.5, 0.6) is 0 Å². The molecule has 1 heteroatoms. The van der Waals surface area contributed by atoms with Crippen LogP contribution in [0.3, 0.4) is 0 Å². The minimum Gasteiger partial charge on any atom is -0.324 e. The van der Waals surface area contributed by atoms with Crippen molar-refractivity contribution in [1.29, 1.82) is 0 Å². The van der Waals surface area contributed by atoms with Crippen LogP contribution in [0.2, 0.25) is 0 Å². The molecule has 2 N–H and O–H groups in total. The molecule has 0 fully saturated rings. The highest BCUT2D eigenvalue weighted by molar-refractivity contribution is 5.31. The van der Waals surface area contributed by atoms with Crippen molar-refractivity contribution in [3.8, 4) is 0 Å². The second-order valence-corrected chi connectivity index (χ2v) is 3.04. The Balaban J connectivity index is 2.52. The Kier molecular flexibility index (Phi) is 1.40. The Hall–Kier alpha value is -0.820. The average molecular weight is 148 g/mol. The molecule has 0 saturated heterocycles. The van der Waals surface area contributed by atoms with Gasteiger partial charge in [-0.15, -0.1) is 0 Å².